The van der Waals surface area contributed by atoms with E-state index in [1.807, 2.05) is 13.0 Å². The van der Waals surface area contributed by atoms with Crippen LogP contribution in [0.15, 0.2) is 18.3 Å². The van der Waals surface area contributed by atoms with E-state index >= 15 is 0 Å². The fourth-order valence-corrected chi connectivity index (χ4v) is 2.28. The molecule has 1 unspecified atom stereocenters. The van der Waals surface area contributed by atoms with Crippen molar-refractivity contribution >= 4 is 11.6 Å². The molecule has 3 nitrogen and oxygen atoms in total. The highest BCUT2D eigenvalue weighted by atomic mass is 35.5. The van der Waals surface area contributed by atoms with Crippen LogP contribution in [0.4, 0.5) is 0 Å². The average Bonchev–Trinajstić information content (AvgIpc) is 2.31. The summed E-state index contributed by atoms with van der Waals surface area (Å²) in [6.45, 7) is 3.29. The lowest BCUT2D eigenvalue weighted by Crippen LogP contribution is -2.35. The van der Waals surface area contributed by atoms with Gasteiger partial charge in [0.15, 0.2) is 0 Å². The monoisotopic (exact) mass is 241 g/mol. The first-order valence-corrected chi connectivity index (χ1v) is 5.90. The van der Waals surface area contributed by atoms with Crippen LogP contribution in [0.2, 0.25) is 5.15 Å². The van der Waals surface area contributed by atoms with Gasteiger partial charge in [-0.1, -0.05) is 17.7 Å². The van der Waals surface area contributed by atoms with Crippen molar-refractivity contribution in [3.05, 3.63) is 29.0 Å². The maximum Gasteiger partial charge on any atom is 0.129 e. The molecule has 1 saturated heterocycles. The molecule has 0 spiro atoms. The van der Waals surface area contributed by atoms with Gasteiger partial charge in [0, 0.05) is 25.0 Å². The van der Waals surface area contributed by atoms with E-state index in [9.17, 15) is 5.11 Å². The fraction of sp³-hybridized carbons (Fsp3) is 0.583. The summed E-state index contributed by atoms with van der Waals surface area (Å²) >= 11 is 5.73. The Bertz CT molecular complexity index is 345. The van der Waals surface area contributed by atoms with Gasteiger partial charge in [0.1, 0.15) is 5.15 Å². The van der Waals surface area contributed by atoms with Crippen molar-refractivity contribution < 1.29 is 9.84 Å². The molecule has 2 rings (SSSR count). The Labute approximate surface area is 100 Å². The van der Waals surface area contributed by atoms with Crippen LogP contribution >= 0.6 is 11.6 Å². The third kappa shape index (κ3) is 2.37. The van der Waals surface area contributed by atoms with Gasteiger partial charge < -0.3 is 9.84 Å². The molecule has 0 aromatic carbocycles. The summed E-state index contributed by atoms with van der Waals surface area (Å²) in [4.78, 5) is 4.01. The largest absolute Gasteiger partial charge is 0.385 e. The highest BCUT2D eigenvalue weighted by molar-refractivity contribution is 6.29. The SMILES string of the molecule is CC(O)(c1ccc(Cl)nc1)C1CCOCC1. The standard InChI is InChI=1S/C12H16ClNO2/c1-12(15,9-4-6-16-7-5-9)10-2-3-11(13)14-8-10/h2-3,8-9,15H,4-7H2,1H3. The molecule has 1 fully saturated rings. The van der Waals surface area contributed by atoms with E-state index in [0.717, 1.165) is 31.6 Å². The summed E-state index contributed by atoms with van der Waals surface area (Å²) in [6.07, 6.45) is 3.42. The van der Waals surface area contributed by atoms with Crippen molar-refractivity contribution in [1.82, 2.24) is 4.98 Å². The van der Waals surface area contributed by atoms with Crippen molar-refractivity contribution in [2.45, 2.75) is 25.4 Å². The molecular formula is C12H16ClNO2. The summed E-state index contributed by atoms with van der Waals surface area (Å²) < 4.78 is 5.30. The van der Waals surface area contributed by atoms with E-state index in [1.54, 1.807) is 12.3 Å². The molecule has 1 aromatic rings. The normalized spacial score (nSPS) is 21.7. The zero-order chi connectivity index (χ0) is 11.6. The van der Waals surface area contributed by atoms with E-state index in [4.69, 9.17) is 16.3 Å². The lowest BCUT2D eigenvalue weighted by atomic mass is 9.79. The smallest absolute Gasteiger partial charge is 0.129 e. The van der Waals surface area contributed by atoms with Crippen LogP contribution in [-0.2, 0) is 10.3 Å². The predicted octanol–water partition coefficient (Wildman–Crippen LogP) is 2.37. The van der Waals surface area contributed by atoms with Crippen molar-refractivity contribution in [1.29, 1.82) is 0 Å². The third-order valence-electron chi connectivity index (χ3n) is 3.33. The Balaban J connectivity index is 2.19. The van der Waals surface area contributed by atoms with Crippen LogP contribution in [0.5, 0.6) is 0 Å². The Morgan fingerprint density at radius 3 is 2.69 bits per heavy atom. The molecule has 1 aromatic heterocycles. The molecule has 2 heterocycles. The van der Waals surface area contributed by atoms with Crippen LogP contribution in [0.25, 0.3) is 0 Å². The van der Waals surface area contributed by atoms with Gasteiger partial charge in [0.25, 0.3) is 0 Å². The van der Waals surface area contributed by atoms with Gasteiger partial charge >= 0.3 is 0 Å². The van der Waals surface area contributed by atoms with Crippen LogP contribution in [-0.4, -0.2) is 23.3 Å². The fourth-order valence-electron chi connectivity index (χ4n) is 2.17. The molecule has 16 heavy (non-hydrogen) atoms. The van der Waals surface area contributed by atoms with Crippen LogP contribution < -0.4 is 0 Å². The van der Waals surface area contributed by atoms with Crippen molar-refractivity contribution in [2.24, 2.45) is 5.92 Å². The number of rotatable bonds is 2. The lowest BCUT2D eigenvalue weighted by molar-refractivity contribution is -0.0581. The molecular weight excluding hydrogens is 226 g/mol. The lowest BCUT2D eigenvalue weighted by Gasteiger charge is -2.35. The van der Waals surface area contributed by atoms with Gasteiger partial charge in [-0.05, 0) is 31.7 Å². The maximum absolute atomic E-state index is 10.6. The molecule has 4 heteroatoms. The first kappa shape index (κ1) is 11.8. The van der Waals surface area contributed by atoms with Gasteiger partial charge in [0.2, 0.25) is 0 Å². The first-order valence-electron chi connectivity index (χ1n) is 5.53. The Morgan fingerprint density at radius 2 is 2.12 bits per heavy atom. The van der Waals surface area contributed by atoms with Gasteiger partial charge in [-0.15, -0.1) is 0 Å². The van der Waals surface area contributed by atoms with Gasteiger partial charge in [-0.2, -0.15) is 0 Å². The number of halogens is 1. The Kier molecular flexibility index (Phi) is 3.47. The summed E-state index contributed by atoms with van der Waals surface area (Å²) in [5.74, 6) is 0.226. The number of aromatic nitrogens is 1. The molecule has 0 radical (unpaired) electrons. The number of hydrogen-bond acceptors (Lipinski definition) is 3. The third-order valence-corrected chi connectivity index (χ3v) is 3.55. The summed E-state index contributed by atoms with van der Waals surface area (Å²) in [7, 11) is 0. The summed E-state index contributed by atoms with van der Waals surface area (Å²) in [6, 6.07) is 3.55. The minimum Gasteiger partial charge on any atom is -0.385 e. The topological polar surface area (TPSA) is 42.4 Å². The minimum atomic E-state index is -0.846. The molecule has 1 aliphatic heterocycles. The second-order valence-electron chi connectivity index (χ2n) is 4.40. The zero-order valence-electron chi connectivity index (χ0n) is 9.32. The van der Waals surface area contributed by atoms with Crippen molar-refractivity contribution in [3.63, 3.8) is 0 Å². The van der Waals surface area contributed by atoms with Crippen LogP contribution in [0.1, 0.15) is 25.3 Å². The molecule has 88 valence electrons. The Morgan fingerprint density at radius 1 is 1.44 bits per heavy atom. The molecule has 0 amide bonds. The molecule has 0 saturated carbocycles. The maximum atomic E-state index is 10.6. The predicted molar refractivity (Wildman–Crippen MR) is 62.4 cm³/mol. The number of ether oxygens (including phenoxy) is 1. The average molecular weight is 242 g/mol. The van der Waals surface area contributed by atoms with E-state index in [2.05, 4.69) is 4.98 Å². The van der Waals surface area contributed by atoms with Crippen LogP contribution in [0, 0.1) is 5.92 Å². The number of pyridine rings is 1. The number of nitrogens with zero attached hydrogens (tertiary/aromatic N) is 1. The zero-order valence-corrected chi connectivity index (χ0v) is 10.1. The summed E-state index contributed by atoms with van der Waals surface area (Å²) in [5.41, 5.74) is -0.0229. The highest BCUT2D eigenvalue weighted by Gasteiger charge is 2.34. The van der Waals surface area contributed by atoms with Gasteiger partial charge in [0.05, 0.1) is 5.60 Å². The molecule has 1 atom stereocenters. The van der Waals surface area contributed by atoms with Crippen molar-refractivity contribution in [2.75, 3.05) is 13.2 Å². The number of hydrogen-bond donors (Lipinski definition) is 1. The van der Waals surface area contributed by atoms with Gasteiger partial charge in [-0.25, -0.2) is 4.98 Å². The van der Waals surface area contributed by atoms with E-state index < -0.39 is 5.60 Å². The van der Waals surface area contributed by atoms with Gasteiger partial charge in [-0.3, -0.25) is 0 Å². The first-order chi connectivity index (χ1) is 7.60. The molecule has 1 aliphatic rings. The molecule has 1 N–H and O–H groups in total. The minimum absolute atomic E-state index is 0.226. The molecule has 0 aliphatic carbocycles. The van der Waals surface area contributed by atoms with E-state index in [-0.39, 0.29) is 5.92 Å². The summed E-state index contributed by atoms with van der Waals surface area (Å²) in [5, 5.41) is 11.0. The quantitative estimate of drug-likeness (QED) is 0.809. The van der Waals surface area contributed by atoms with E-state index in [0.29, 0.717) is 5.15 Å². The second-order valence-corrected chi connectivity index (χ2v) is 4.79. The second kappa shape index (κ2) is 4.70. The van der Waals surface area contributed by atoms with Crippen molar-refractivity contribution in [3.8, 4) is 0 Å². The molecule has 0 bridgehead atoms. The van der Waals surface area contributed by atoms with Crippen LogP contribution in [0.3, 0.4) is 0 Å². The number of aliphatic hydroxyl groups is 1. The Hall–Kier alpha value is -0.640. The highest BCUT2D eigenvalue weighted by Crippen LogP contribution is 2.35. The van der Waals surface area contributed by atoms with E-state index in [1.165, 1.54) is 0 Å².